The number of hydrogen-bond acceptors (Lipinski definition) is 3. The fraction of sp³-hybridized carbons (Fsp3) is 0.391. The van der Waals surface area contributed by atoms with E-state index in [2.05, 4.69) is 16.0 Å². The first-order valence-electron chi connectivity index (χ1n) is 10.3. The molecule has 0 spiro atoms. The van der Waals surface area contributed by atoms with Gasteiger partial charge in [0.25, 0.3) is 5.91 Å². The van der Waals surface area contributed by atoms with Gasteiger partial charge in [-0.25, -0.2) is 4.39 Å². The van der Waals surface area contributed by atoms with E-state index >= 15 is 0 Å². The second-order valence-corrected chi connectivity index (χ2v) is 7.98. The lowest BCUT2D eigenvalue weighted by atomic mass is 9.85. The molecule has 3 N–H and O–H groups in total. The first-order chi connectivity index (χ1) is 14.1. The molecule has 3 unspecified atom stereocenters. The van der Waals surface area contributed by atoms with Gasteiger partial charge in [-0.2, -0.15) is 0 Å². The van der Waals surface area contributed by atoms with Gasteiger partial charge in [0.15, 0.2) is 0 Å². The van der Waals surface area contributed by atoms with Crippen molar-refractivity contribution < 1.29 is 14.0 Å². The maximum Gasteiger partial charge on any atom is 0.251 e. The molecular weight excluding hydrogens is 369 g/mol. The molecule has 6 heteroatoms. The van der Waals surface area contributed by atoms with Crippen LogP contribution >= 0.6 is 0 Å². The molecule has 2 aromatic carbocycles. The molecule has 2 fully saturated rings. The van der Waals surface area contributed by atoms with Crippen molar-refractivity contribution in [1.29, 1.82) is 0 Å². The molecule has 1 heterocycles. The Morgan fingerprint density at radius 2 is 1.72 bits per heavy atom. The number of carbonyl (C=O) groups excluding carboxylic acids is 2. The molecule has 1 aliphatic heterocycles. The lowest BCUT2D eigenvalue weighted by Crippen LogP contribution is -2.39. The molecule has 3 atom stereocenters. The molecular formula is C23H26FN3O2. The zero-order valence-corrected chi connectivity index (χ0v) is 16.3. The number of benzene rings is 2. The topological polar surface area (TPSA) is 70.2 Å². The first kappa shape index (κ1) is 19.6. The van der Waals surface area contributed by atoms with Crippen molar-refractivity contribution in [2.24, 2.45) is 5.92 Å². The number of rotatable bonds is 5. The van der Waals surface area contributed by atoms with Gasteiger partial charge in [0.05, 0.1) is 6.04 Å². The van der Waals surface area contributed by atoms with E-state index in [9.17, 15) is 14.0 Å². The summed E-state index contributed by atoms with van der Waals surface area (Å²) < 4.78 is 12.9. The van der Waals surface area contributed by atoms with E-state index in [4.69, 9.17) is 0 Å². The van der Waals surface area contributed by atoms with Crippen molar-refractivity contribution in [3.63, 3.8) is 0 Å². The Hall–Kier alpha value is -2.73. The van der Waals surface area contributed by atoms with Crippen LogP contribution in [0.4, 0.5) is 10.1 Å². The van der Waals surface area contributed by atoms with Crippen LogP contribution in [0.5, 0.6) is 0 Å². The van der Waals surface area contributed by atoms with E-state index in [-0.39, 0.29) is 23.7 Å². The third-order valence-corrected chi connectivity index (χ3v) is 5.96. The molecule has 4 rings (SSSR count). The molecule has 152 valence electrons. The highest BCUT2D eigenvalue weighted by molar-refractivity contribution is 5.97. The van der Waals surface area contributed by atoms with Crippen LogP contribution in [0.25, 0.3) is 0 Å². The van der Waals surface area contributed by atoms with Crippen LogP contribution in [-0.2, 0) is 11.3 Å². The number of carbonyl (C=O) groups is 2. The molecule has 1 aliphatic carbocycles. The Morgan fingerprint density at radius 3 is 2.45 bits per heavy atom. The summed E-state index contributed by atoms with van der Waals surface area (Å²) in [6, 6.07) is 13.2. The SMILES string of the molecule is O=C(NCc1ccc(F)cc1)c1ccc(NC(=O)C2CC3CCCCC3N2)cc1. The second kappa shape index (κ2) is 8.74. The van der Waals surface area contributed by atoms with Gasteiger partial charge in [0.1, 0.15) is 5.82 Å². The molecule has 0 radical (unpaired) electrons. The van der Waals surface area contributed by atoms with E-state index in [0.717, 1.165) is 18.4 Å². The highest BCUT2D eigenvalue weighted by Crippen LogP contribution is 2.33. The van der Waals surface area contributed by atoms with Crippen LogP contribution in [0.1, 0.15) is 48.0 Å². The van der Waals surface area contributed by atoms with Crippen LogP contribution in [-0.4, -0.2) is 23.9 Å². The summed E-state index contributed by atoms with van der Waals surface area (Å²) in [7, 11) is 0. The molecule has 29 heavy (non-hydrogen) atoms. The molecule has 5 nitrogen and oxygen atoms in total. The highest BCUT2D eigenvalue weighted by atomic mass is 19.1. The van der Waals surface area contributed by atoms with E-state index in [1.807, 2.05) is 0 Å². The van der Waals surface area contributed by atoms with Crippen LogP contribution in [0, 0.1) is 11.7 Å². The lowest BCUT2D eigenvalue weighted by molar-refractivity contribution is -0.117. The van der Waals surface area contributed by atoms with Gasteiger partial charge in [-0.05, 0) is 67.1 Å². The number of fused-ring (bicyclic) bond motifs is 1. The first-order valence-corrected chi connectivity index (χ1v) is 10.3. The highest BCUT2D eigenvalue weighted by Gasteiger charge is 2.38. The van der Waals surface area contributed by atoms with Gasteiger partial charge in [0.2, 0.25) is 5.91 Å². The van der Waals surface area contributed by atoms with E-state index < -0.39 is 0 Å². The fourth-order valence-electron chi connectivity index (χ4n) is 4.34. The lowest BCUT2D eigenvalue weighted by Gasteiger charge is -2.24. The third-order valence-electron chi connectivity index (χ3n) is 5.96. The van der Waals surface area contributed by atoms with Gasteiger partial charge in [0, 0.05) is 23.8 Å². The van der Waals surface area contributed by atoms with Crippen LogP contribution in [0.3, 0.4) is 0 Å². The van der Waals surface area contributed by atoms with E-state index in [1.54, 1.807) is 36.4 Å². The summed E-state index contributed by atoms with van der Waals surface area (Å²) in [4.78, 5) is 24.9. The zero-order chi connectivity index (χ0) is 20.2. The van der Waals surface area contributed by atoms with Crippen LogP contribution < -0.4 is 16.0 Å². The third kappa shape index (κ3) is 4.82. The summed E-state index contributed by atoms with van der Waals surface area (Å²) in [5.74, 6) is 0.0950. The molecule has 1 saturated carbocycles. The van der Waals surface area contributed by atoms with E-state index in [1.165, 1.54) is 31.4 Å². The molecule has 0 bridgehead atoms. The number of halogens is 1. The predicted molar refractivity (Wildman–Crippen MR) is 110 cm³/mol. The normalized spacial score (nSPS) is 23.3. The average molecular weight is 395 g/mol. The Morgan fingerprint density at radius 1 is 1.00 bits per heavy atom. The van der Waals surface area contributed by atoms with Gasteiger partial charge in [-0.15, -0.1) is 0 Å². The molecule has 1 saturated heterocycles. The van der Waals surface area contributed by atoms with Gasteiger partial charge in [-0.1, -0.05) is 25.0 Å². The molecule has 2 aromatic rings. The van der Waals surface area contributed by atoms with Crippen molar-refractivity contribution in [2.45, 2.75) is 50.7 Å². The Balaban J connectivity index is 1.28. The average Bonchev–Trinajstić information content (AvgIpc) is 3.18. The number of hydrogen-bond donors (Lipinski definition) is 3. The summed E-state index contributed by atoms with van der Waals surface area (Å²) >= 11 is 0. The summed E-state index contributed by atoms with van der Waals surface area (Å²) in [5, 5.41) is 9.24. The van der Waals surface area contributed by atoms with Gasteiger partial charge < -0.3 is 16.0 Å². The number of nitrogens with one attached hydrogen (secondary N) is 3. The second-order valence-electron chi connectivity index (χ2n) is 7.98. The maximum absolute atomic E-state index is 12.9. The maximum atomic E-state index is 12.9. The predicted octanol–water partition coefficient (Wildman–Crippen LogP) is 3.61. The zero-order valence-electron chi connectivity index (χ0n) is 16.3. The number of anilines is 1. The van der Waals surface area contributed by atoms with Crippen LogP contribution in [0.2, 0.25) is 0 Å². The van der Waals surface area contributed by atoms with Crippen molar-refractivity contribution in [1.82, 2.24) is 10.6 Å². The van der Waals surface area contributed by atoms with Gasteiger partial charge in [-0.3, -0.25) is 9.59 Å². The van der Waals surface area contributed by atoms with E-state index in [0.29, 0.717) is 29.8 Å². The van der Waals surface area contributed by atoms with Crippen LogP contribution in [0.15, 0.2) is 48.5 Å². The smallest absolute Gasteiger partial charge is 0.251 e. The summed E-state index contributed by atoms with van der Waals surface area (Å²) in [5.41, 5.74) is 2.02. The van der Waals surface area contributed by atoms with Crippen molar-refractivity contribution in [3.05, 3.63) is 65.5 Å². The largest absolute Gasteiger partial charge is 0.348 e. The fourth-order valence-corrected chi connectivity index (χ4v) is 4.34. The molecule has 2 amide bonds. The summed E-state index contributed by atoms with van der Waals surface area (Å²) in [6.07, 6.45) is 5.79. The molecule has 2 aliphatic rings. The minimum Gasteiger partial charge on any atom is -0.348 e. The minimum absolute atomic E-state index is 0.00656. The summed E-state index contributed by atoms with van der Waals surface area (Å²) in [6.45, 7) is 0.327. The Labute approximate surface area is 170 Å². The minimum atomic E-state index is -0.302. The van der Waals surface area contributed by atoms with Gasteiger partial charge >= 0.3 is 0 Å². The molecule has 0 aromatic heterocycles. The van der Waals surface area contributed by atoms with Crippen molar-refractivity contribution in [3.8, 4) is 0 Å². The Kier molecular flexibility index (Phi) is 5.90. The monoisotopic (exact) mass is 395 g/mol. The quantitative estimate of drug-likeness (QED) is 0.724. The van der Waals surface area contributed by atoms with Crippen molar-refractivity contribution >= 4 is 17.5 Å². The standard InChI is InChI=1S/C23H26FN3O2/c24-18-9-5-15(6-10-18)14-25-22(28)16-7-11-19(12-8-16)26-23(29)21-13-17-3-1-2-4-20(17)27-21/h5-12,17,20-21,27H,1-4,13-14H2,(H,25,28)(H,26,29). The van der Waals surface area contributed by atoms with Crippen molar-refractivity contribution in [2.75, 3.05) is 5.32 Å². The number of amides is 2. The Bertz CT molecular complexity index is 853.